The highest BCUT2D eigenvalue weighted by Crippen LogP contribution is 2.44. The maximum Gasteiger partial charge on any atom is 0.348 e. The summed E-state index contributed by atoms with van der Waals surface area (Å²) in [6.07, 6.45) is 2.57. The molecule has 2 heterocycles. The molecule has 0 spiro atoms. The van der Waals surface area contributed by atoms with Crippen molar-refractivity contribution in [3.63, 3.8) is 0 Å². The van der Waals surface area contributed by atoms with Gasteiger partial charge in [-0.15, -0.1) is 0 Å². The van der Waals surface area contributed by atoms with E-state index in [1.54, 1.807) is 19.9 Å². The van der Waals surface area contributed by atoms with Crippen LogP contribution in [-0.2, 0) is 25.6 Å². The number of nitrogens with zero attached hydrogens (tertiary/aromatic N) is 1. The minimum atomic E-state index is -1.24. The molecule has 1 fully saturated rings. The lowest BCUT2D eigenvalue weighted by molar-refractivity contribution is -0.222. The van der Waals surface area contributed by atoms with E-state index >= 15 is 0 Å². The number of carbonyl (C=O) groups is 2. The van der Waals surface area contributed by atoms with Gasteiger partial charge in [-0.1, -0.05) is 43.3 Å². The van der Waals surface area contributed by atoms with Crippen LogP contribution in [0, 0.1) is 0 Å². The normalized spacial score (nSPS) is 21.8. The number of esters is 2. The zero-order valence-electron chi connectivity index (χ0n) is 18.8. The summed E-state index contributed by atoms with van der Waals surface area (Å²) < 4.78 is 10.4. The summed E-state index contributed by atoms with van der Waals surface area (Å²) in [6.45, 7) is 10.7. The molecule has 0 amide bonds. The Kier molecular flexibility index (Phi) is 5.16. The molecule has 5 heteroatoms. The standard InChI is InChI=1S/C26H29NO4/c1-17-15-25(2,3)27(16-18-9-7-6-8-10-18)22-12-11-19(13-20(17)22)14-21-23(28)30-26(4,5)31-24(21)29/h6-14,17H,15-16H2,1-5H3. The molecule has 31 heavy (non-hydrogen) atoms. The van der Waals surface area contributed by atoms with E-state index in [0.29, 0.717) is 5.92 Å². The number of benzene rings is 2. The van der Waals surface area contributed by atoms with Crippen LogP contribution in [0.2, 0.25) is 0 Å². The smallest absolute Gasteiger partial charge is 0.348 e. The summed E-state index contributed by atoms with van der Waals surface area (Å²) in [5, 5.41) is 0. The molecule has 0 aliphatic carbocycles. The molecule has 5 nitrogen and oxygen atoms in total. The fourth-order valence-corrected chi connectivity index (χ4v) is 4.61. The second-order valence-corrected chi connectivity index (χ2v) is 9.54. The van der Waals surface area contributed by atoms with Crippen molar-refractivity contribution in [2.45, 2.75) is 64.8 Å². The maximum atomic E-state index is 12.3. The van der Waals surface area contributed by atoms with Gasteiger partial charge in [0.15, 0.2) is 0 Å². The van der Waals surface area contributed by atoms with Gasteiger partial charge in [0, 0.05) is 31.6 Å². The van der Waals surface area contributed by atoms with Crippen LogP contribution in [0.3, 0.4) is 0 Å². The molecule has 1 unspecified atom stereocenters. The van der Waals surface area contributed by atoms with Crippen LogP contribution < -0.4 is 4.90 Å². The number of cyclic esters (lactones) is 2. The third-order valence-corrected chi connectivity index (χ3v) is 6.02. The topological polar surface area (TPSA) is 55.8 Å². The Morgan fingerprint density at radius 2 is 1.65 bits per heavy atom. The van der Waals surface area contributed by atoms with E-state index < -0.39 is 17.7 Å². The average molecular weight is 420 g/mol. The number of anilines is 1. The molecule has 0 N–H and O–H groups in total. The van der Waals surface area contributed by atoms with Crippen LogP contribution in [0.25, 0.3) is 6.08 Å². The first-order chi connectivity index (χ1) is 14.6. The second kappa shape index (κ2) is 7.56. The first kappa shape index (κ1) is 21.2. The average Bonchev–Trinajstić information content (AvgIpc) is 2.68. The van der Waals surface area contributed by atoms with Crippen molar-refractivity contribution in [1.82, 2.24) is 0 Å². The third-order valence-electron chi connectivity index (χ3n) is 6.02. The van der Waals surface area contributed by atoms with Crippen LogP contribution in [0.1, 0.15) is 63.6 Å². The lowest BCUT2D eigenvalue weighted by Crippen LogP contribution is -2.47. The van der Waals surface area contributed by atoms with Gasteiger partial charge in [0.2, 0.25) is 0 Å². The minimum Gasteiger partial charge on any atom is -0.419 e. The van der Waals surface area contributed by atoms with E-state index in [2.05, 4.69) is 62.1 Å². The van der Waals surface area contributed by atoms with E-state index in [1.807, 2.05) is 12.1 Å². The Morgan fingerprint density at radius 1 is 1.00 bits per heavy atom. The number of carbonyl (C=O) groups excluding carboxylic acids is 2. The van der Waals surface area contributed by atoms with Gasteiger partial charge in [0.1, 0.15) is 5.57 Å². The third kappa shape index (κ3) is 4.22. The summed E-state index contributed by atoms with van der Waals surface area (Å²) in [5.74, 6) is -2.20. The van der Waals surface area contributed by atoms with Gasteiger partial charge in [-0.25, -0.2) is 9.59 Å². The van der Waals surface area contributed by atoms with Crippen LogP contribution >= 0.6 is 0 Å². The first-order valence-electron chi connectivity index (χ1n) is 10.7. The van der Waals surface area contributed by atoms with Gasteiger partial charge in [-0.2, -0.15) is 0 Å². The Labute approximate surface area is 183 Å². The Balaban J connectivity index is 1.70. The van der Waals surface area contributed by atoms with Gasteiger partial charge in [-0.05, 0) is 61.1 Å². The highest BCUT2D eigenvalue weighted by Gasteiger charge is 2.39. The molecule has 4 rings (SSSR count). The summed E-state index contributed by atoms with van der Waals surface area (Å²) in [6, 6.07) is 16.6. The molecular formula is C26H29NO4. The number of rotatable bonds is 3. The fourth-order valence-electron chi connectivity index (χ4n) is 4.61. The molecule has 0 aromatic heterocycles. The zero-order valence-corrected chi connectivity index (χ0v) is 18.8. The lowest BCUT2D eigenvalue weighted by Gasteiger charge is -2.47. The van der Waals surface area contributed by atoms with E-state index in [1.165, 1.54) is 16.8 Å². The van der Waals surface area contributed by atoms with Gasteiger partial charge in [0.25, 0.3) is 5.79 Å². The van der Waals surface area contributed by atoms with Crippen LogP contribution in [-0.4, -0.2) is 23.3 Å². The second-order valence-electron chi connectivity index (χ2n) is 9.54. The van der Waals surface area contributed by atoms with Crippen molar-refractivity contribution in [2.75, 3.05) is 4.90 Å². The van der Waals surface area contributed by atoms with Crippen molar-refractivity contribution in [3.8, 4) is 0 Å². The molecule has 2 aromatic carbocycles. The fraction of sp³-hybridized carbons (Fsp3) is 0.385. The van der Waals surface area contributed by atoms with E-state index in [0.717, 1.165) is 18.5 Å². The summed E-state index contributed by atoms with van der Waals surface area (Å²) in [5.41, 5.74) is 4.37. The van der Waals surface area contributed by atoms with Crippen molar-refractivity contribution in [1.29, 1.82) is 0 Å². The van der Waals surface area contributed by atoms with Crippen molar-refractivity contribution in [2.24, 2.45) is 0 Å². The predicted molar refractivity (Wildman–Crippen MR) is 120 cm³/mol. The minimum absolute atomic E-state index is 0.00477. The van der Waals surface area contributed by atoms with E-state index in [9.17, 15) is 9.59 Å². The van der Waals surface area contributed by atoms with Gasteiger partial charge >= 0.3 is 11.9 Å². The summed E-state index contributed by atoms with van der Waals surface area (Å²) >= 11 is 0. The van der Waals surface area contributed by atoms with Crippen molar-refractivity contribution >= 4 is 23.7 Å². The molecule has 162 valence electrons. The predicted octanol–water partition coefficient (Wildman–Crippen LogP) is 5.20. The molecule has 0 saturated carbocycles. The van der Waals surface area contributed by atoms with Crippen molar-refractivity contribution in [3.05, 3.63) is 70.8 Å². The zero-order chi connectivity index (χ0) is 22.4. The van der Waals surface area contributed by atoms with Gasteiger partial charge in [-0.3, -0.25) is 0 Å². The molecule has 1 saturated heterocycles. The van der Waals surface area contributed by atoms with E-state index in [4.69, 9.17) is 9.47 Å². The van der Waals surface area contributed by atoms with Crippen LogP contribution in [0.5, 0.6) is 0 Å². The molecule has 0 bridgehead atoms. The number of hydrogen-bond donors (Lipinski definition) is 0. The van der Waals surface area contributed by atoms with Gasteiger partial charge in [0.05, 0.1) is 0 Å². The van der Waals surface area contributed by atoms with Crippen LogP contribution in [0.4, 0.5) is 5.69 Å². The maximum absolute atomic E-state index is 12.3. The highest BCUT2D eigenvalue weighted by molar-refractivity contribution is 6.18. The molecule has 2 aliphatic heterocycles. The molecule has 0 radical (unpaired) electrons. The van der Waals surface area contributed by atoms with E-state index in [-0.39, 0.29) is 11.1 Å². The highest BCUT2D eigenvalue weighted by atomic mass is 16.7. The quantitative estimate of drug-likeness (QED) is 0.389. The monoisotopic (exact) mass is 419 g/mol. The van der Waals surface area contributed by atoms with Crippen molar-refractivity contribution < 1.29 is 19.1 Å². The molecular weight excluding hydrogens is 390 g/mol. The molecule has 2 aliphatic rings. The lowest BCUT2D eigenvalue weighted by atomic mass is 9.79. The van der Waals surface area contributed by atoms with Gasteiger partial charge < -0.3 is 14.4 Å². The Bertz CT molecular complexity index is 1030. The Morgan fingerprint density at radius 3 is 2.29 bits per heavy atom. The number of fused-ring (bicyclic) bond motifs is 1. The largest absolute Gasteiger partial charge is 0.419 e. The summed E-state index contributed by atoms with van der Waals surface area (Å²) in [4.78, 5) is 27.1. The first-order valence-corrected chi connectivity index (χ1v) is 10.7. The van der Waals surface area contributed by atoms with Crippen LogP contribution in [0.15, 0.2) is 54.1 Å². The molecule has 2 aromatic rings. The SMILES string of the molecule is CC1CC(C)(C)N(Cc2ccccc2)c2ccc(C=C3C(=O)OC(C)(C)OC3=O)cc21. The Hall–Kier alpha value is -3.08. The molecule has 1 atom stereocenters. The number of hydrogen-bond acceptors (Lipinski definition) is 5. The summed E-state index contributed by atoms with van der Waals surface area (Å²) in [7, 11) is 0. The number of ether oxygens (including phenoxy) is 2.